The number of aromatic nitrogens is 4. The van der Waals surface area contributed by atoms with Crippen molar-refractivity contribution in [2.45, 2.75) is 25.0 Å². The van der Waals surface area contributed by atoms with Gasteiger partial charge in [-0.2, -0.15) is 15.5 Å². The smallest absolute Gasteiger partial charge is 0.254 e. The second-order valence-corrected chi connectivity index (χ2v) is 8.28. The molecule has 1 saturated heterocycles. The van der Waals surface area contributed by atoms with E-state index in [0.29, 0.717) is 25.1 Å². The molecule has 1 amide bonds. The second-order valence-electron chi connectivity index (χ2n) is 8.28. The van der Waals surface area contributed by atoms with E-state index in [9.17, 15) is 14.4 Å². The number of likely N-dealkylation sites (tertiary alicyclic amines) is 1. The molecule has 4 aromatic rings. The van der Waals surface area contributed by atoms with Crippen LogP contribution in [0, 0.1) is 17.3 Å². The van der Waals surface area contributed by atoms with Gasteiger partial charge < -0.3 is 10.2 Å². The Morgan fingerprint density at radius 2 is 2.06 bits per heavy atom. The standard InChI is InChI=1S/C24H22FN7O/c1-30-23-6-4-16(9-18(23)12-28-30)17-3-5-21(22(25)10-17)24(33)29-19-11-20(31(13-19)15-26)14-32-8-2-7-27-32/h2-10,12,19-20H,11,13-14H2,1H3,(H,29,33)/t19?,20-/m0/s1. The summed E-state index contributed by atoms with van der Waals surface area (Å²) in [7, 11) is 1.87. The van der Waals surface area contributed by atoms with Crippen molar-refractivity contribution in [3.05, 3.63) is 72.4 Å². The van der Waals surface area contributed by atoms with Crippen LogP contribution in [0.5, 0.6) is 0 Å². The molecule has 33 heavy (non-hydrogen) atoms. The molecule has 2 aromatic carbocycles. The number of carbonyl (C=O) groups excluding carboxylic acids is 1. The van der Waals surface area contributed by atoms with Crippen molar-refractivity contribution in [1.82, 2.24) is 29.8 Å². The van der Waals surface area contributed by atoms with Crippen LogP contribution >= 0.6 is 0 Å². The fraction of sp³-hybridized carbons (Fsp3) is 0.250. The van der Waals surface area contributed by atoms with Gasteiger partial charge in [0.05, 0.1) is 29.9 Å². The van der Waals surface area contributed by atoms with Crippen molar-refractivity contribution >= 4 is 16.8 Å². The first-order valence-electron chi connectivity index (χ1n) is 10.7. The lowest BCUT2D eigenvalue weighted by molar-refractivity contribution is 0.0934. The first-order chi connectivity index (χ1) is 16.0. The molecule has 0 bridgehead atoms. The molecule has 166 valence electrons. The summed E-state index contributed by atoms with van der Waals surface area (Å²) in [5.41, 5.74) is 2.51. The highest BCUT2D eigenvalue weighted by Crippen LogP contribution is 2.26. The number of halogens is 1. The molecule has 0 spiro atoms. The Balaban J connectivity index is 1.29. The number of nitrogens with zero attached hydrogens (tertiary/aromatic N) is 6. The summed E-state index contributed by atoms with van der Waals surface area (Å²) in [6, 6.07) is 11.9. The maximum absolute atomic E-state index is 14.9. The van der Waals surface area contributed by atoms with Crippen LogP contribution < -0.4 is 5.32 Å². The number of benzene rings is 2. The maximum Gasteiger partial charge on any atom is 0.254 e. The lowest BCUT2D eigenvalue weighted by atomic mass is 10.0. The number of carbonyl (C=O) groups is 1. The lowest BCUT2D eigenvalue weighted by Crippen LogP contribution is -2.36. The van der Waals surface area contributed by atoms with Crippen LogP contribution in [0.15, 0.2) is 61.1 Å². The van der Waals surface area contributed by atoms with Gasteiger partial charge in [-0.1, -0.05) is 12.1 Å². The van der Waals surface area contributed by atoms with Crippen LogP contribution in [-0.2, 0) is 13.6 Å². The van der Waals surface area contributed by atoms with Crippen molar-refractivity contribution in [3.63, 3.8) is 0 Å². The van der Waals surface area contributed by atoms with E-state index < -0.39 is 11.7 Å². The minimum absolute atomic E-state index is 0.0137. The van der Waals surface area contributed by atoms with E-state index in [1.165, 1.54) is 12.1 Å². The molecule has 1 unspecified atom stereocenters. The molecular formula is C24H22FN7O. The Morgan fingerprint density at radius 1 is 1.24 bits per heavy atom. The molecule has 3 heterocycles. The minimum atomic E-state index is -0.584. The van der Waals surface area contributed by atoms with Crippen molar-refractivity contribution in [2.24, 2.45) is 7.05 Å². The second kappa shape index (κ2) is 8.39. The number of rotatable bonds is 5. The number of hydrogen-bond acceptors (Lipinski definition) is 5. The van der Waals surface area contributed by atoms with Crippen LogP contribution in [0.3, 0.4) is 0 Å². The summed E-state index contributed by atoms with van der Waals surface area (Å²) in [6.45, 7) is 0.941. The average molecular weight is 443 g/mol. The highest BCUT2D eigenvalue weighted by atomic mass is 19.1. The normalized spacial score (nSPS) is 17.9. The Labute approximate surface area is 189 Å². The number of nitriles is 1. The SMILES string of the molecule is Cn1ncc2cc(-c3ccc(C(=O)NC4C[C@@H](Cn5cccn5)N(C#N)C4)c(F)c3)ccc21. The van der Waals surface area contributed by atoms with E-state index in [4.69, 9.17) is 0 Å². The lowest BCUT2D eigenvalue weighted by Gasteiger charge is -2.17. The predicted molar refractivity (Wildman–Crippen MR) is 120 cm³/mol. The highest BCUT2D eigenvalue weighted by Gasteiger charge is 2.33. The third-order valence-electron chi connectivity index (χ3n) is 6.13. The molecule has 1 aliphatic heterocycles. The number of fused-ring (bicyclic) bond motifs is 1. The summed E-state index contributed by atoms with van der Waals surface area (Å²) in [5.74, 6) is -1.07. The van der Waals surface area contributed by atoms with Crippen molar-refractivity contribution in [3.8, 4) is 17.3 Å². The van der Waals surface area contributed by atoms with Gasteiger partial charge in [0.2, 0.25) is 0 Å². The molecule has 1 N–H and O–H groups in total. The minimum Gasteiger partial charge on any atom is -0.347 e. The van der Waals surface area contributed by atoms with Crippen LogP contribution in [0.2, 0.25) is 0 Å². The summed E-state index contributed by atoms with van der Waals surface area (Å²) in [4.78, 5) is 14.4. The average Bonchev–Trinajstić information content (AvgIpc) is 3.55. The predicted octanol–water partition coefficient (Wildman–Crippen LogP) is 2.93. The monoisotopic (exact) mass is 443 g/mol. The summed E-state index contributed by atoms with van der Waals surface area (Å²) in [6.07, 6.45) is 8.06. The van der Waals surface area contributed by atoms with Crippen molar-refractivity contribution in [1.29, 1.82) is 5.26 Å². The molecule has 5 rings (SSSR count). The molecule has 2 atom stereocenters. The van der Waals surface area contributed by atoms with Crippen LogP contribution in [-0.4, -0.2) is 49.0 Å². The molecule has 1 aliphatic rings. The Bertz CT molecular complexity index is 1360. The van der Waals surface area contributed by atoms with Gasteiger partial charge in [-0.15, -0.1) is 0 Å². The van der Waals surface area contributed by atoms with Gasteiger partial charge in [0, 0.05) is 37.4 Å². The van der Waals surface area contributed by atoms with Gasteiger partial charge in [0.25, 0.3) is 5.91 Å². The number of amides is 1. The molecule has 0 saturated carbocycles. The van der Waals surface area contributed by atoms with Gasteiger partial charge in [0.1, 0.15) is 5.82 Å². The maximum atomic E-state index is 14.9. The fourth-order valence-corrected chi connectivity index (χ4v) is 4.43. The van der Waals surface area contributed by atoms with E-state index in [1.54, 1.807) is 32.7 Å². The number of aryl methyl sites for hydroxylation is 1. The third-order valence-corrected chi connectivity index (χ3v) is 6.13. The zero-order valence-corrected chi connectivity index (χ0v) is 18.0. The topological polar surface area (TPSA) is 91.8 Å². The Morgan fingerprint density at radius 3 is 2.82 bits per heavy atom. The molecule has 2 aromatic heterocycles. The summed E-state index contributed by atoms with van der Waals surface area (Å²) in [5, 5.41) is 21.7. The third kappa shape index (κ3) is 4.03. The zero-order chi connectivity index (χ0) is 22.9. The number of hydrogen-bond donors (Lipinski definition) is 1. The van der Waals surface area contributed by atoms with Gasteiger partial charge in [0.15, 0.2) is 6.19 Å². The molecule has 9 heteroatoms. The van der Waals surface area contributed by atoms with Crippen LogP contribution in [0.4, 0.5) is 4.39 Å². The van der Waals surface area contributed by atoms with Crippen molar-refractivity contribution in [2.75, 3.05) is 6.54 Å². The summed E-state index contributed by atoms with van der Waals surface area (Å²) >= 11 is 0. The quantitative estimate of drug-likeness (QED) is 0.479. The van der Waals surface area contributed by atoms with Gasteiger partial charge in [-0.3, -0.25) is 14.2 Å². The molecule has 0 radical (unpaired) electrons. The van der Waals surface area contributed by atoms with Crippen LogP contribution in [0.25, 0.3) is 22.0 Å². The van der Waals surface area contributed by atoms with E-state index in [1.807, 2.05) is 37.5 Å². The Kier molecular flexibility index (Phi) is 5.26. The van der Waals surface area contributed by atoms with Gasteiger partial charge in [-0.05, 0) is 47.9 Å². The molecule has 0 aliphatic carbocycles. The van der Waals surface area contributed by atoms with Gasteiger partial charge in [-0.25, -0.2) is 4.39 Å². The Hall–Kier alpha value is -4.19. The fourth-order valence-electron chi connectivity index (χ4n) is 4.43. The highest BCUT2D eigenvalue weighted by molar-refractivity contribution is 5.95. The van der Waals surface area contributed by atoms with E-state index in [0.717, 1.165) is 16.5 Å². The van der Waals surface area contributed by atoms with E-state index >= 15 is 0 Å². The largest absolute Gasteiger partial charge is 0.347 e. The first-order valence-corrected chi connectivity index (χ1v) is 10.7. The van der Waals surface area contributed by atoms with E-state index in [2.05, 4.69) is 21.7 Å². The molecular weight excluding hydrogens is 421 g/mol. The first kappa shape index (κ1) is 20.7. The zero-order valence-electron chi connectivity index (χ0n) is 18.0. The van der Waals surface area contributed by atoms with E-state index in [-0.39, 0.29) is 17.6 Å². The van der Waals surface area contributed by atoms with Gasteiger partial charge >= 0.3 is 0 Å². The van der Waals surface area contributed by atoms with Crippen LogP contribution in [0.1, 0.15) is 16.8 Å². The summed E-state index contributed by atoms with van der Waals surface area (Å²) < 4.78 is 18.4. The molecule has 8 nitrogen and oxygen atoms in total. The molecule has 1 fully saturated rings. The van der Waals surface area contributed by atoms with Crippen molar-refractivity contribution < 1.29 is 9.18 Å². The number of nitrogens with one attached hydrogen (secondary N) is 1.